The second-order valence-electron chi connectivity index (χ2n) is 5.10. The highest BCUT2D eigenvalue weighted by molar-refractivity contribution is 5.57. The zero-order valence-electron chi connectivity index (χ0n) is 10.7. The molecule has 0 radical (unpaired) electrons. The van der Waals surface area contributed by atoms with Crippen LogP contribution >= 0.6 is 0 Å². The van der Waals surface area contributed by atoms with Crippen LogP contribution in [0.15, 0.2) is 30.3 Å². The second-order valence-corrected chi connectivity index (χ2v) is 5.10. The van der Waals surface area contributed by atoms with Gasteiger partial charge in [-0.3, -0.25) is 4.84 Å². The Morgan fingerprint density at radius 3 is 2.89 bits per heavy atom. The number of benzene rings is 1. The van der Waals surface area contributed by atoms with Crippen LogP contribution in [-0.4, -0.2) is 24.4 Å². The maximum atomic E-state index is 10.7. The minimum Gasteiger partial charge on any atom is -0.306 e. The van der Waals surface area contributed by atoms with E-state index in [1.54, 1.807) is 0 Å². The molecule has 1 aliphatic rings. The molecular weight excluding hydrogens is 228 g/mol. The Kier molecular flexibility index (Phi) is 4.47. The largest absolute Gasteiger partial charge is 0.306 e. The molecule has 4 heteroatoms. The first kappa shape index (κ1) is 13.2. The molecule has 2 rings (SSSR count). The molecule has 0 amide bonds. The van der Waals surface area contributed by atoms with Gasteiger partial charge in [0.25, 0.3) is 0 Å². The molecular formula is C14H20N2O2. The van der Waals surface area contributed by atoms with Gasteiger partial charge in [-0.2, -0.15) is 5.48 Å². The smallest absolute Gasteiger partial charge is 0.136 e. The van der Waals surface area contributed by atoms with Crippen molar-refractivity contribution in [3.05, 3.63) is 35.9 Å². The lowest BCUT2D eigenvalue weighted by atomic mass is 9.90. The average molecular weight is 248 g/mol. The molecule has 2 atom stereocenters. The van der Waals surface area contributed by atoms with E-state index in [0.29, 0.717) is 6.61 Å². The monoisotopic (exact) mass is 248 g/mol. The number of hydroxylamine groups is 1. The van der Waals surface area contributed by atoms with Gasteiger partial charge in [0.15, 0.2) is 0 Å². The minimum absolute atomic E-state index is 0.00556. The molecule has 1 aromatic carbocycles. The number of piperidine rings is 1. The summed E-state index contributed by atoms with van der Waals surface area (Å²) in [5.41, 5.74) is 4.15. The highest BCUT2D eigenvalue weighted by Crippen LogP contribution is 2.18. The number of hydrogen-bond acceptors (Lipinski definition) is 4. The summed E-state index contributed by atoms with van der Waals surface area (Å²) in [7, 11) is 0. The van der Waals surface area contributed by atoms with Crippen LogP contribution in [0.2, 0.25) is 0 Å². The summed E-state index contributed by atoms with van der Waals surface area (Å²) in [6.07, 6.45) is 2.75. The third-order valence-electron chi connectivity index (χ3n) is 3.33. The molecule has 0 aliphatic carbocycles. The molecule has 0 saturated carbocycles. The molecule has 0 spiro atoms. The fourth-order valence-corrected chi connectivity index (χ4v) is 2.09. The predicted octanol–water partition coefficient (Wildman–Crippen LogP) is 1.42. The number of nitrogens with one attached hydrogen (secondary N) is 2. The third-order valence-corrected chi connectivity index (χ3v) is 3.33. The molecule has 98 valence electrons. The lowest BCUT2D eigenvalue weighted by Crippen LogP contribution is -2.56. The van der Waals surface area contributed by atoms with E-state index in [1.807, 2.05) is 30.3 Å². The Morgan fingerprint density at radius 1 is 1.50 bits per heavy atom. The first-order valence-corrected chi connectivity index (χ1v) is 6.33. The van der Waals surface area contributed by atoms with Crippen molar-refractivity contribution in [1.82, 2.24) is 10.8 Å². The van der Waals surface area contributed by atoms with Crippen molar-refractivity contribution in [2.45, 2.75) is 38.0 Å². The van der Waals surface area contributed by atoms with Crippen LogP contribution in [0.4, 0.5) is 0 Å². The van der Waals surface area contributed by atoms with Gasteiger partial charge in [0.1, 0.15) is 6.29 Å². The fourth-order valence-electron chi connectivity index (χ4n) is 2.09. The molecule has 1 unspecified atom stereocenters. The topological polar surface area (TPSA) is 50.4 Å². The van der Waals surface area contributed by atoms with Crippen molar-refractivity contribution in [2.24, 2.45) is 0 Å². The van der Waals surface area contributed by atoms with Gasteiger partial charge in [-0.1, -0.05) is 30.3 Å². The van der Waals surface area contributed by atoms with Gasteiger partial charge >= 0.3 is 0 Å². The zero-order chi connectivity index (χ0) is 12.8. The van der Waals surface area contributed by atoms with Gasteiger partial charge < -0.3 is 10.1 Å². The SMILES string of the molecule is C[C@]1(NOCc2ccccc2)CCC(C=O)NC1. The summed E-state index contributed by atoms with van der Waals surface area (Å²) in [5.74, 6) is 0. The van der Waals surface area contributed by atoms with Crippen LogP contribution in [0.1, 0.15) is 25.3 Å². The second kappa shape index (κ2) is 6.09. The molecule has 1 saturated heterocycles. The van der Waals surface area contributed by atoms with Crippen molar-refractivity contribution in [1.29, 1.82) is 0 Å². The molecule has 2 N–H and O–H groups in total. The fraction of sp³-hybridized carbons (Fsp3) is 0.500. The van der Waals surface area contributed by atoms with E-state index >= 15 is 0 Å². The molecule has 0 bridgehead atoms. The van der Waals surface area contributed by atoms with E-state index in [9.17, 15) is 4.79 Å². The van der Waals surface area contributed by atoms with Crippen LogP contribution < -0.4 is 10.8 Å². The van der Waals surface area contributed by atoms with E-state index < -0.39 is 0 Å². The van der Waals surface area contributed by atoms with Crippen LogP contribution in [0.3, 0.4) is 0 Å². The Labute approximate surface area is 108 Å². The summed E-state index contributed by atoms with van der Waals surface area (Å²) in [6.45, 7) is 3.39. The third kappa shape index (κ3) is 3.63. The van der Waals surface area contributed by atoms with Crippen LogP contribution in [0, 0.1) is 0 Å². The van der Waals surface area contributed by atoms with Gasteiger partial charge in [0.2, 0.25) is 0 Å². The highest BCUT2D eigenvalue weighted by Gasteiger charge is 2.30. The number of carbonyl (C=O) groups is 1. The Morgan fingerprint density at radius 2 is 2.28 bits per heavy atom. The Bertz CT molecular complexity index is 373. The molecule has 18 heavy (non-hydrogen) atoms. The van der Waals surface area contributed by atoms with Crippen LogP contribution in [-0.2, 0) is 16.2 Å². The first-order valence-electron chi connectivity index (χ1n) is 6.33. The number of aldehydes is 1. The maximum Gasteiger partial charge on any atom is 0.136 e. The number of carbonyl (C=O) groups excluding carboxylic acids is 1. The standard InChI is InChI=1S/C14H20N2O2/c1-14(8-7-13(9-17)15-11-14)16-18-10-12-5-3-2-4-6-12/h2-6,9,13,15-16H,7-8,10-11H2,1H3/t13?,14-/m0/s1. The lowest BCUT2D eigenvalue weighted by Gasteiger charge is -2.36. The predicted molar refractivity (Wildman–Crippen MR) is 69.9 cm³/mol. The Balaban J connectivity index is 1.75. The molecule has 0 aromatic heterocycles. The Hall–Kier alpha value is -1.23. The van der Waals surface area contributed by atoms with E-state index in [1.165, 1.54) is 0 Å². The first-order chi connectivity index (χ1) is 8.72. The van der Waals surface area contributed by atoms with Gasteiger partial charge in [0, 0.05) is 6.54 Å². The van der Waals surface area contributed by atoms with E-state index in [0.717, 1.165) is 31.2 Å². The maximum absolute atomic E-state index is 10.7. The van der Waals surface area contributed by atoms with Crippen molar-refractivity contribution in [3.8, 4) is 0 Å². The summed E-state index contributed by atoms with van der Waals surface area (Å²) < 4.78 is 0. The van der Waals surface area contributed by atoms with Crippen LogP contribution in [0.5, 0.6) is 0 Å². The minimum atomic E-state index is -0.103. The molecule has 1 aliphatic heterocycles. The summed E-state index contributed by atoms with van der Waals surface area (Å²) in [6, 6.07) is 10.0. The van der Waals surface area contributed by atoms with Crippen molar-refractivity contribution < 1.29 is 9.63 Å². The van der Waals surface area contributed by atoms with Gasteiger partial charge in [0.05, 0.1) is 18.2 Å². The molecule has 4 nitrogen and oxygen atoms in total. The highest BCUT2D eigenvalue weighted by atomic mass is 16.6. The van der Waals surface area contributed by atoms with E-state index in [4.69, 9.17) is 4.84 Å². The van der Waals surface area contributed by atoms with E-state index in [2.05, 4.69) is 17.7 Å². The number of hydrogen-bond donors (Lipinski definition) is 2. The van der Waals surface area contributed by atoms with Crippen molar-refractivity contribution in [2.75, 3.05) is 6.54 Å². The normalized spacial score (nSPS) is 27.9. The van der Waals surface area contributed by atoms with E-state index in [-0.39, 0.29) is 11.6 Å². The van der Waals surface area contributed by atoms with Crippen molar-refractivity contribution >= 4 is 6.29 Å². The summed E-state index contributed by atoms with van der Waals surface area (Å²) >= 11 is 0. The lowest BCUT2D eigenvalue weighted by molar-refractivity contribution is -0.111. The molecule has 1 heterocycles. The van der Waals surface area contributed by atoms with Crippen molar-refractivity contribution in [3.63, 3.8) is 0 Å². The number of rotatable bonds is 5. The summed E-state index contributed by atoms with van der Waals surface area (Å²) in [5, 5.41) is 3.20. The summed E-state index contributed by atoms with van der Waals surface area (Å²) in [4.78, 5) is 16.2. The molecule has 1 fully saturated rings. The molecule has 1 aromatic rings. The quantitative estimate of drug-likeness (QED) is 0.611. The van der Waals surface area contributed by atoms with Crippen LogP contribution in [0.25, 0.3) is 0 Å². The van der Waals surface area contributed by atoms with Gasteiger partial charge in [-0.15, -0.1) is 0 Å². The van der Waals surface area contributed by atoms with Gasteiger partial charge in [-0.25, -0.2) is 0 Å². The average Bonchev–Trinajstić information content (AvgIpc) is 2.41. The van der Waals surface area contributed by atoms with Gasteiger partial charge in [-0.05, 0) is 25.3 Å². The zero-order valence-corrected chi connectivity index (χ0v) is 10.7.